The normalized spacial score (nSPS) is 14.0. The first-order valence-corrected chi connectivity index (χ1v) is 9.70. The van der Waals surface area contributed by atoms with Crippen molar-refractivity contribution in [1.82, 2.24) is 24.4 Å². The lowest BCUT2D eigenvalue weighted by Crippen LogP contribution is -2.14. The summed E-state index contributed by atoms with van der Waals surface area (Å²) < 4.78 is 3.65. The van der Waals surface area contributed by atoms with Crippen LogP contribution in [0.3, 0.4) is 0 Å². The molecule has 1 fully saturated rings. The van der Waals surface area contributed by atoms with Crippen LogP contribution in [0.4, 0.5) is 0 Å². The summed E-state index contributed by atoms with van der Waals surface area (Å²) in [6.07, 6.45) is 13.8. The third-order valence-corrected chi connectivity index (χ3v) is 5.00. The Morgan fingerprint density at radius 3 is 2.79 bits per heavy atom. The Balaban J connectivity index is 1.57. The molecule has 6 nitrogen and oxygen atoms in total. The van der Waals surface area contributed by atoms with Crippen LogP contribution in [0.2, 0.25) is 0 Å². The van der Waals surface area contributed by atoms with Gasteiger partial charge in [-0.2, -0.15) is 10.2 Å². The average Bonchev–Trinajstić information content (AvgIpc) is 3.28. The lowest BCUT2D eigenvalue weighted by atomic mass is 10.1. The molecule has 0 amide bonds. The van der Waals surface area contributed by atoms with Crippen LogP contribution in [-0.2, 0) is 0 Å². The number of hydrogen-bond acceptors (Lipinski definition) is 4. The summed E-state index contributed by atoms with van der Waals surface area (Å²) in [6.45, 7) is 3.34. The van der Waals surface area contributed by atoms with Gasteiger partial charge in [-0.25, -0.2) is 9.20 Å². The highest BCUT2D eigenvalue weighted by atomic mass is 16.3. The second-order valence-corrected chi connectivity index (χ2v) is 8.01. The molecule has 1 N–H and O–H groups in total. The van der Waals surface area contributed by atoms with Gasteiger partial charge in [-0.15, -0.1) is 0 Å². The molecule has 0 unspecified atom stereocenters. The van der Waals surface area contributed by atoms with Crippen molar-refractivity contribution in [3.63, 3.8) is 0 Å². The van der Waals surface area contributed by atoms with Gasteiger partial charge in [-0.1, -0.05) is 11.8 Å². The Bertz CT molecular complexity index is 1260. The van der Waals surface area contributed by atoms with E-state index in [1.807, 2.05) is 54.0 Å². The monoisotopic (exact) mass is 383 g/mol. The molecule has 5 rings (SSSR count). The molecule has 0 atom stereocenters. The van der Waals surface area contributed by atoms with Crippen molar-refractivity contribution in [2.75, 3.05) is 0 Å². The van der Waals surface area contributed by atoms with E-state index in [0.29, 0.717) is 5.92 Å². The Labute approximate surface area is 168 Å². The van der Waals surface area contributed by atoms with Gasteiger partial charge in [-0.3, -0.25) is 4.98 Å². The maximum absolute atomic E-state index is 9.97. The number of pyridine rings is 2. The van der Waals surface area contributed by atoms with Gasteiger partial charge in [0.1, 0.15) is 5.60 Å². The Hall–Kier alpha value is -3.43. The molecule has 1 aliphatic rings. The van der Waals surface area contributed by atoms with Crippen molar-refractivity contribution in [3.8, 4) is 28.7 Å². The number of aromatic nitrogens is 5. The second kappa shape index (κ2) is 6.57. The first kappa shape index (κ1) is 17.7. The number of rotatable bonds is 3. The van der Waals surface area contributed by atoms with Crippen LogP contribution >= 0.6 is 0 Å². The summed E-state index contributed by atoms with van der Waals surface area (Å²) in [7, 11) is 0. The zero-order valence-corrected chi connectivity index (χ0v) is 16.4. The van der Waals surface area contributed by atoms with E-state index < -0.39 is 5.60 Å². The summed E-state index contributed by atoms with van der Waals surface area (Å²) >= 11 is 0. The number of aliphatic hydroxyl groups is 1. The zero-order chi connectivity index (χ0) is 20.0. The zero-order valence-electron chi connectivity index (χ0n) is 16.4. The molecular formula is C23H21N5O. The largest absolute Gasteiger partial charge is 0.378 e. The van der Waals surface area contributed by atoms with Gasteiger partial charge in [0.25, 0.3) is 0 Å². The minimum absolute atomic E-state index is 0.647. The van der Waals surface area contributed by atoms with Gasteiger partial charge in [0.05, 0.1) is 35.4 Å². The molecule has 0 spiro atoms. The van der Waals surface area contributed by atoms with E-state index in [9.17, 15) is 5.11 Å². The smallest absolute Gasteiger partial charge is 0.120 e. The maximum atomic E-state index is 9.97. The third kappa shape index (κ3) is 3.53. The summed E-state index contributed by atoms with van der Waals surface area (Å²) in [6, 6.07) is 6.00. The summed E-state index contributed by atoms with van der Waals surface area (Å²) in [5, 5.41) is 19.0. The average molecular weight is 383 g/mol. The van der Waals surface area contributed by atoms with Crippen molar-refractivity contribution < 1.29 is 5.11 Å². The SMILES string of the molecule is CC(C)(O)C#Cc1cccn2ncc(-c3cnn(-c4cncc(C5CC5)c4)c3)c12. The van der Waals surface area contributed by atoms with Crippen molar-refractivity contribution in [3.05, 3.63) is 66.5 Å². The quantitative estimate of drug-likeness (QED) is 0.549. The van der Waals surface area contributed by atoms with E-state index >= 15 is 0 Å². The lowest BCUT2D eigenvalue weighted by Gasteiger charge is -2.06. The summed E-state index contributed by atoms with van der Waals surface area (Å²) in [5.41, 5.74) is 4.79. The molecule has 1 saturated carbocycles. The minimum Gasteiger partial charge on any atom is -0.378 e. The predicted octanol–water partition coefficient (Wildman–Crippen LogP) is 3.58. The first-order chi connectivity index (χ1) is 14.0. The number of hydrogen-bond donors (Lipinski definition) is 1. The minimum atomic E-state index is -1.06. The van der Waals surface area contributed by atoms with E-state index in [1.165, 1.54) is 18.4 Å². The first-order valence-electron chi connectivity index (χ1n) is 9.70. The molecule has 0 saturated heterocycles. The van der Waals surface area contributed by atoms with Crippen LogP contribution in [-0.4, -0.2) is 35.1 Å². The topological polar surface area (TPSA) is 68.2 Å². The van der Waals surface area contributed by atoms with Crippen molar-refractivity contribution in [2.45, 2.75) is 38.2 Å². The molecule has 4 heterocycles. The number of fused-ring (bicyclic) bond motifs is 1. The highest BCUT2D eigenvalue weighted by molar-refractivity contribution is 5.84. The second-order valence-electron chi connectivity index (χ2n) is 8.01. The molecule has 0 aliphatic heterocycles. The molecule has 29 heavy (non-hydrogen) atoms. The molecule has 1 aliphatic carbocycles. The van der Waals surface area contributed by atoms with E-state index in [0.717, 1.165) is 27.9 Å². The van der Waals surface area contributed by atoms with Crippen LogP contribution in [0.25, 0.3) is 22.3 Å². The molecule has 4 aromatic heterocycles. The molecule has 0 bridgehead atoms. The van der Waals surface area contributed by atoms with Crippen LogP contribution in [0.1, 0.15) is 43.7 Å². The van der Waals surface area contributed by atoms with Crippen LogP contribution in [0.15, 0.2) is 55.4 Å². The molecule has 4 aromatic rings. The molecule has 144 valence electrons. The fourth-order valence-corrected chi connectivity index (χ4v) is 3.39. The molecule has 0 aromatic carbocycles. The van der Waals surface area contributed by atoms with E-state index in [1.54, 1.807) is 18.4 Å². The van der Waals surface area contributed by atoms with Gasteiger partial charge in [0.15, 0.2) is 0 Å². The number of nitrogens with zero attached hydrogens (tertiary/aromatic N) is 5. The van der Waals surface area contributed by atoms with Crippen LogP contribution in [0.5, 0.6) is 0 Å². The fourth-order valence-electron chi connectivity index (χ4n) is 3.39. The Kier molecular flexibility index (Phi) is 4.00. The van der Waals surface area contributed by atoms with Gasteiger partial charge in [-0.05, 0) is 56.4 Å². The van der Waals surface area contributed by atoms with Gasteiger partial charge in [0.2, 0.25) is 0 Å². The van der Waals surface area contributed by atoms with Crippen molar-refractivity contribution in [1.29, 1.82) is 0 Å². The standard InChI is InChI=1S/C23H21N5O/c1-23(2,29)8-7-17-4-3-9-27-22(17)21(14-26-27)19-12-25-28(15-19)20-10-18(11-24-13-20)16-5-6-16/h3-4,9-16,29H,5-6H2,1-2H3. The highest BCUT2D eigenvalue weighted by Crippen LogP contribution is 2.40. The van der Waals surface area contributed by atoms with Gasteiger partial charge < -0.3 is 5.11 Å². The molecular weight excluding hydrogens is 362 g/mol. The molecule has 0 radical (unpaired) electrons. The van der Waals surface area contributed by atoms with Gasteiger partial charge in [0, 0.05) is 29.7 Å². The Morgan fingerprint density at radius 2 is 2.00 bits per heavy atom. The predicted molar refractivity (Wildman–Crippen MR) is 111 cm³/mol. The van der Waals surface area contributed by atoms with Crippen molar-refractivity contribution in [2.24, 2.45) is 0 Å². The van der Waals surface area contributed by atoms with Crippen LogP contribution < -0.4 is 0 Å². The summed E-state index contributed by atoms with van der Waals surface area (Å²) in [4.78, 5) is 4.39. The van der Waals surface area contributed by atoms with E-state index in [2.05, 4.69) is 33.1 Å². The molecule has 6 heteroatoms. The van der Waals surface area contributed by atoms with Crippen LogP contribution in [0, 0.1) is 11.8 Å². The highest BCUT2D eigenvalue weighted by Gasteiger charge is 2.24. The Morgan fingerprint density at radius 1 is 1.14 bits per heavy atom. The lowest BCUT2D eigenvalue weighted by molar-refractivity contribution is 0.143. The van der Waals surface area contributed by atoms with Gasteiger partial charge >= 0.3 is 0 Å². The summed E-state index contributed by atoms with van der Waals surface area (Å²) in [5.74, 6) is 6.63. The maximum Gasteiger partial charge on any atom is 0.120 e. The van der Waals surface area contributed by atoms with E-state index in [4.69, 9.17) is 0 Å². The fraction of sp³-hybridized carbons (Fsp3) is 0.261. The van der Waals surface area contributed by atoms with E-state index in [-0.39, 0.29) is 0 Å². The van der Waals surface area contributed by atoms with Crippen molar-refractivity contribution >= 4 is 5.52 Å². The third-order valence-electron chi connectivity index (χ3n) is 5.00.